The van der Waals surface area contributed by atoms with E-state index in [2.05, 4.69) is 6.92 Å². The Labute approximate surface area is 275 Å². The highest BCUT2D eigenvalue weighted by molar-refractivity contribution is 5.66. The summed E-state index contributed by atoms with van der Waals surface area (Å²) in [6.07, 6.45) is 46.3. The van der Waals surface area contributed by atoms with Crippen LogP contribution in [-0.4, -0.2) is 22.2 Å². The molecule has 0 rings (SSSR count). The molecule has 0 bridgehead atoms. The van der Waals surface area contributed by atoms with Crippen molar-refractivity contribution in [2.45, 2.75) is 238 Å². The molecule has 0 aliphatic rings. The first-order valence-electron chi connectivity index (χ1n) is 20.0. The second kappa shape index (κ2) is 36.4. The van der Waals surface area contributed by atoms with E-state index in [1.165, 1.54) is 193 Å². The number of aliphatic carboxylic acids is 2. The largest absolute Gasteiger partial charge is 0.481 e. The van der Waals surface area contributed by atoms with Crippen LogP contribution in [0.3, 0.4) is 0 Å². The molecule has 0 aliphatic heterocycles. The molecule has 0 saturated carbocycles. The third kappa shape index (κ3) is 39.0. The van der Waals surface area contributed by atoms with Gasteiger partial charge in [-0.05, 0) is 18.8 Å². The molecule has 0 aromatic heterocycles. The number of hydrogen-bond acceptors (Lipinski definition) is 2. The maximum absolute atomic E-state index is 10.5. The molecule has 0 saturated heterocycles. The minimum Gasteiger partial charge on any atom is -0.481 e. The standard InChI is InChI=1S/C40H78O4/c1-38(35-31-27-23-19-15-11-7-5-9-13-17-21-25-29-33-37-40(43)44)34-30-26-22-18-14-10-6-3-2-4-8-12-16-20-24-28-32-36-39(41)42/h38H,2-37H2,1H3,(H,41,42)(H,43,44). The fraction of sp³-hybridized carbons (Fsp3) is 0.950. The number of unbranched alkanes of at least 4 members (excludes halogenated alkanes) is 30. The minimum absolute atomic E-state index is 0.340. The quantitative estimate of drug-likeness (QED) is 0.0672. The van der Waals surface area contributed by atoms with E-state index in [0.717, 1.165) is 31.6 Å². The monoisotopic (exact) mass is 623 g/mol. The number of carboxylic acid groups (broad SMARTS) is 2. The molecule has 0 aromatic rings. The van der Waals surface area contributed by atoms with Gasteiger partial charge in [0, 0.05) is 12.8 Å². The molecule has 0 radical (unpaired) electrons. The lowest BCUT2D eigenvalue weighted by molar-refractivity contribution is -0.138. The van der Waals surface area contributed by atoms with Crippen LogP contribution < -0.4 is 0 Å². The van der Waals surface area contributed by atoms with Crippen LogP contribution in [0.15, 0.2) is 0 Å². The lowest BCUT2D eigenvalue weighted by atomic mass is 9.95. The van der Waals surface area contributed by atoms with Crippen molar-refractivity contribution in [3.63, 3.8) is 0 Å². The topological polar surface area (TPSA) is 74.6 Å². The Bertz CT molecular complexity index is 590. The number of carbonyl (C=O) groups is 2. The van der Waals surface area contributed by atoms with Gasteiger partial charge in [0.2, 0.25) is 0 Å². The molecular weight excluding hydrogens is 544 g/mol. The summed E-state index contributed by atoms with van der Waals surface area (Å²) >= 11 is 0. The fourth-order valence-corrected chi connectivity index (χ4v) is 6.63. The summed E-state index contributed by atoms with van der Waals surface area (Å²) in [4.78, 5) is 21.0. The predicted molar refractivity (Wildman–Crippen MR) is 191 cm³/mol. The second-order valence-electron chi connectivity index (χ2n) is 14.3. The Morgan fingerprint density at radius 3 is 0.659 bits per heavy atom. The third-order valence-electron chi connectivity index (χ3n) is 9.68. The predicted octanol–water partition coefficient (Wildman–Crippen LogP) is 13.8. The van der Waals surface area contributed by atoms with E-state index >= 15 is 0 Å². The Balaban J connectivity index is 3.16. The normalized spacial score (nSPS) is 12.1. The van der Waals surface area contributed by atoms with E-state index in [9.17, 15) is 9.59 Å². The third-order valence-corrected chi connectivity index (χ3v) is 9.68. The van der Waals surface area contributed by atoms with Gasteiger partial charge >= 0.3 is 11.9 Å². The van der Waals surface area contributed by atoms with E-state index in [1.807, 2.05) is 0 Å². The molecule has 44 heavy (non-hydrogen) atoms. The van der Waals surface area contributed by atoms with Gasteiger partial charge in [0.1, 0.15) is 0 Å². The molecule has 0 heterocycles. The van der Waals surface area contributed by atoms with Crippen molar-refractivity contribution in [1.82, 2.24) is 0 Å². The van der Waals surface area contributed by atoms with Crippen LogP contribution in [0.1, 0.15) is 238 Å². The van der Waals surface area contributed by atoms with E-state index in [1.54, 1.807) is 0 Å². The van der Waals surface area contributed by atoms with Crippen LogP contribution in [0, 0.1) is 5.92 Å². The van der Waals surface area contributed by atoms with E-state index in [0.29, 0.717) is 12.8 Å². The molecule has 4 heteroatoms. The molecule has 1 unspecified atom stereocenters. The highest BCUT2D eigenvalue weighted by Gasteiger charge is 2.03. The zero-order valence-electron chi connectivity index (χ0n) is 29.7. The van der Waals surface area contributed by atoms with Gasteiger partial charge in [-0.3, -0.25) is 9.59 Å². The van der Waals surface area contributed by atoms with Gasteiger partial charge in [-0.25, -0.2) is 0 Å². The van der Waals surface area contributed by atoms with Gasteiger partial charge in [-0.2, -0.15) is 0 Å². The summed E-state index contributed by atoms with van der Waals surface area (Å²) in [5.41, 5.74) is 0. The van der Waals surface area contributed by atoms with E-state index < -0.39 is 11.9 Å². The molecule has 0 spiro atoms. The fourth-order valence-electron chi connectivity index (χ4n) is 6.63. The Morgan fingerprint density at radius 2 is 0.477 bits per heavy atom. The average molecular weight is 623 g/mol. The number of carboxylic acids is 2. The first kappa shape index (κ1) is 42.9. The molecule has 4 nitrogen and oxygen atoms in total. The van der Waals surface area contributed by atoms with Crippen molar-refractivity contribution in [2.75, 3.05) is 0 Å². The zero-order chi connectivity index (χ0) is 32.2. The minimum atomic E-state index is -0.653. The zero-order valence-corrected chi connectivity index (χ0v) is 29.7. The molecule has 0 fully saturated rings. The molecule has 262 valence electrons. The maximum Gasteiger partial charge on any atom is 0.303 e. The Hall–Kier alpha value is -1.06. The summed E-state index contributed by atoms with van der Waals surface area (Å²) in [5.74, 6) is -0.386. The lowest BCUT2D eigenvalue weighted by Gasteiger charge is -2.11. The first-order valence-corrected chi connectivity index (χ1v) is 20.0. The van der Waals surface area contributed by atoms with Gasteiger partial charge in [-0.1, -0.05) is 212 Å². The molecule has 1 atom stereocenters. The van der Waals surface area contributed by atoms with E-state index in [4.69, 9.17) is 10.2 Å². The van der Waals surface area contributed by atoms with Crippen molar-refractivity contribution in [3.8, 4) is 0 Å². The molecule has 0 aromatic carbocycles. The SMILES string of the molecule is CC(CCCCCCCCCCCCCCCCCCCC(=O)O)CCCCCCCCCCCCCCCCCC(=O)O. The summed E-state index contributed by atoms with van der Waals surface area (Å²) in [6, 6.07) is 0. The maximum atomic E-state index is 10.5. The van der Waals surface area contributed by atoms with Crippen LogP contribution >= 0.6 is 0 Å². The second-order valence-corrected chi connectivity index (χ2v) is 14.3. The summed E-state index contributed by atoms with van der Waals surface area (Å²) in [6.45, 7) is 2.48. The smallest absolute Gasteiger partial charge is 0.303 e. The van der Waals surface area contributed by atoms with Crippen molar-refractivity contribution in [1.29, 1.82) is 0 Å². The van der Waals surface area contributed by atoms with Gasteiger partial charge < -0.3 is 10.2 Å². The molecule has 0 aliphatic carbocycles. The van der Waals surface area contributed by atoms with E-state index in [-0.39, 0.29) is 0 Å². The first-order chi connectivity index (χ1) is 21.5. The number of hydrogen-bond donors (Lipinski definition) is 2. The highest BCUT2D eigenvalue weighted by Crippen LogP contribution is 2.20. The summed E-state index contributed by atoms with van der Waals surface area (Å²) in [7, 11) is 0. The van der Waals surface area contributed by atoms with Gasteiger partial charge in [0.05, 0.1) is 0 Å². The van der Waals surface area contributed by atoms with Crippen molar-refractivity contribution >= 4 is 11.9 Å². The Kier molecular flexibility index (Phi) is 35.5. The summed E-state index contributed by atoms with van der Waals surface area (Å²) in [5, 5.41) is 17.3. The lowest BCUT2D eigenvalue weighted by Crippen LogP contribution is -1.95. The van der Waals surface area contributed by atoms with Crippen LogP contribution in [0.4, 0.5) is 0 Å². The van der Waals surface area contributed by atoms with Crippen LogP contribution in [0.2, 0.25) is 0 Å². The highest BCUT2D eigenvalue weighted by atomic mass is 16.4. The van der Waals surface area contributed by atoms with Crippen LogP contribution in [0.25, 0.3) is 0 Å². The van der Waals surface area contributed by atoms with Gasteiger partial charge in [0.15, 0.2) is 0 Å². The Morgan fingerprint density at radius 1 is 0.318 bits per heavy atom. The van der Waals surface area contributed by atoms with Gasteiger partial charge in [0.25, 0.3) is 0 Å². The van der Waals surface area contributed by atoms with Crippen LogP contribution in [0.5, 0.6) is 0 Å². The van der Waals surface area contributed by atoms with Crippen LogP contribution in [-0.2, 0) is 9.59 Å². The molecular formula is C40H78O4. The van der Waals surface area contributed by atoms with Crippen molar-refractivity contribution < 1.29 is 19.8 Å². The van der Waals surface area contributed by atoms with Crippen molar-refractivity contribution in [2.24, 2.45) is 5.92 Å². The molecule has 0 amide bonds. The van der Waals surface area contributed by atoms with Crippen molar-refractivity contribution in [3.05, 3.63) is 0 Å². The average Bonchev–Trinajstić information content (AvgIpc) is 2.99. The number of rotatable bonds is 38. The molecule has 2 N–H and O–H groups in total. The summed E-state index contributed by atoms with van der Waals surface area (Å²) < 4.78 is 0. The van der Waals surface area contributed by atoms with Gasteiger partial charge in [-0.15, -0.1) is 0 Å².